The maximum atomic E-state index is 10.6. The van der Waals surface area contributed by atoms with Crippen LogP contribution in [0, 0.1) is 21.4 Å². The van der Waals surface area contributed by atoms with Crippen molar-refractivity contribution in [3.8, 4) is 6.07 Å². The molecule has 1 unspecified atom stereocenters. The highest BCUT2D eigenvalue weighted by Gasteiger charge is 2.21. The van der Waals surface area contributed by atoms with E-state index in [2.05, 4.69) is 6.58 Å². The molecule has 0 spiro atoms. The van der Waals surface area contributed by atoms with Crippen LogP contribution in [-0.2, 0) is 0 Å². The first-order valence-electron chi connectivity index (χ1n) is 4.08. The van der Waals surface area contributed by atoms with Crippen molar-refractivity contribution in [3.63, 3.8) is 0 Å². The van der Waals surface area contributed by atoms with Gasteiger partial charge in [0.2, 0.25) is 0 Å². The fourth-order valence-electron chi connectivity index (χ4n) is 1.13. The summed E-state index contributed by atoms with van der Waals surface area (Å²) < 4.78 is 0. The third-order valence-electron chi connectivity index (χ3n) is 1.90. The molecule has 0 aliphatic rings. The van der Waals surface area contributed by atoms with Crippen LogP contribution in [0.3, 0.4) is 0 Å². The van der Waals surface area contributed by atoms with Gasteiger partial charge in [-0.3, -0.25) is 10.1 Å². The number of nitro benzene ring substituents is 1. The zero-order valence-corrected chi connectivity index (χ0v) is 7.75. The molecule has 0 aliphatic heterocycles. The Bertz CT molecular complexity index is 448. The molecule has 0 amide bonds. The standard InChI is InChI=1S/C10H8N2O3/c1-7(6-11)10(13)8-4-2-3-5-9(8)12(14)15/h2-5,10,13H,1H2. The molecule has 5 nitrogen and oxygen atoms in total. The van der Waals surface area contributed by atoms with E-state index in [0.717, 1.165) is 0 Å². The van der Waals surface area contributed by atoms with Gasteiger partial charge in [0.05, 0.1) is 22.1 Å². The summed E-state index contributed by atoms with van der Waals surface area (Å²) in [5, 5.41) is 28.7. The molecule has 0 saturated heterocycles. The van der Waals surface area contributed by atoms with Gasteiger partial charge in [-0.05, 0) is 6.07 Å². The highest BCUT2D eigenvalue weighted by molar-refractivity contribution is 5.45. The van der Waals surface area contributed by atoms with E-state index in [0.29, 0.717) is 0 Å². The molecular formula is C10H8N2O3. The summed E-state index contributed by atoms with van der Waals surface area (Å²) in [5.41, 5.74) is -0.264. The summed E-state index contributed by atoms with van der Waals surface area (Å²) in [5.74, 6) is 0. The monoisotopic (exact) mass is 204 g/mol. The minimum absolute atomic E-state index is 0.0778. The Morgan fingerprint density at radius 2 is 2.20 bits per heavy atom. The van der Waals surface area contributed by atoms with Gasteiger partial charge < -0.3 is 5.11 Å². The van der Waals surface area contributed by atoms with Crippen LogP contribution in [-0.4, -0.2) is 10.0 Å². The number of hydrogen-bond donors (Lipinski definition) is 1. The van der Waals surface area contributed by atoms with Gasteiger partial charge in [0.1, 0.15) is 6.10 Å². The molecule has 1 aromatic rings. The van der Waals surface area contributed by atoms with Crippen LogP contribution < -0.4 is 0 Å². The third-order valence-corrected chi connectivity index (χ3v) is 1.90. The normalized spacial score (nSPS) is 11.5. The van der Waals surface area contributed by atoms with Gasteiger partial charge in [-0.1, -0.05) is 18.7 Å². The Balaban J connectivity index is 3.20. The largest absolute Gasteiger partial charge is 0.383 e. The van der Waals surface area contributed by atoms with Crippen molar-refractivity contribution in [2.24, 2.45) is 0 Å². The summed E-state index contributed by atoms with van der Waals surface area (Å²) in [6.07, 6.45) is -1.32. The molecule has 0 radical (unpaired) electrons. The molecule has 0 aliphatic carbocycles. The number of para-hydroxylation sites is 1. The van der Waals surface area contributed by atoms with Gasteiger partial charge in [-0.2, -0.15) is 5.26 Å². The van der Waals surface area contributed by atoms with Crippen LogP contribution in [0.2, 0.25) is 0 Å². The lowest BCUT2D eigenvalue weighted by atomic mass is 10.0. The molecule has 15 heavy (non-hydrogen) atoms. The number of rotatable bonds is 3. The van der Waals surface area contributed by atoms with Crippen molar-refractivity contribution >= 4 is 5.69 Å². The molecule has 0 fully saturated rings. The number of nitrogens with zero attached hydrogens (tertiary/aromatic N) is 2. The predicted octanol–water partition coefficient (Wildman–Crippen LogP) is 1.71. The molecule has 1 aromatic carbocycles. The molecular weight excluding hydrogens is 196 g/mol. The summed E-state index contributed by atoms with van der Waals surface area (Å²) in [6.45, 7) is 3.32. The van der Waals surface area contributed by atoms with Crippen molar-refractivity contribution in [3.05, 3.63) is 52.1 Å². The zero-order valence-electron chi connectivity index (χ0n) is 7.75. The smallest absolute Gasteiger partial charge is 0.275 e. The molecule has 5 heteroatoms. The lowest BCUT2D eigenvalue weighted by Crippen LogP contribution is -2.03. The molecule has 0 aromatic heterocycles. The maximum absolute atomic E-state index is 10.6. The average Bonchev–Trinajstić information content (AvgIpc) is 2.27. The number of nitro groups is 1. The van der Waals surface area contributed by atoms with Crippen LogP contribution in [0.15, 0.2) is 36.4 Å². The first-order valence-corrected chi connectivity index (χ1v) is 4.08. The minimum Gasteiger partial charge on any atom is -0.383 e. The van der Waals surface area contributed by atoms with Crippen molar-refractivity contribution < 1.29 is 10.0 Å². The number of benzene rings is 1. The third kappa shape index (κ3) is 2.18. The minimum atomic E-state index is -1.32. The Morgan fingerprint density at radius 3 is 2.73 bits per heavy atom. The molecule has 1 N–H and O–H groups in total. The number of aliphatic hydroxyl groups is 1. The summed E-state index contributed by atoms with van der Waals surface area (Å²) >= 11 is 0. The van der Waals surface area contributed by atoms with Crippen LogP contribution in [0.1, 0.15) is 11.7 Å². The summed E-state index contributed by atoms with van der Waals surface area (Å²) in [7, 11) is 0. The van der Waals surface area contributed by atoms with Crippen LogP contribution >= 0.6 is 0 Å². The summed E-state index contributed by atoms with van der Waals surface area (Å²) in [4.78, 5) is 10.0. The fraction of sp³-hybridized carbons (Fsp3) is 0.100. The molecule has 0 saturated carbocycles. The van der Waals surface area contributed by atoms with E-state index in [1.807, 2.05) is 0 Å². The van der Waals surface area contributed by atoms with Gasteiger partial charge in [0.15, 0.2) is 0 Å². The van der Waals surface area contributed by atoms with Gasteiger partial charge in [-0.15, -0.1) is 0 Å². The van der Waals surface area contributed by atoms with Gasteiger partial charge in [-0.25, -0.2) is 0 Å². The van der Waals surface area contributed by atoms with Crippen LogP contribution in [0.25, 0.3) is 0 Å². The highest BCUT2D eigenvalue weighted by Crippen LogP contribution is 2.28. The molecule has 1 rings (SSSR count). The number of nitriles is 1. The van der Waals surface area contributed by atoms with Gasteiger partial charge >= 0.3 is 0 Å². The Hall–Kier alpha value is -2.19. The maximum Gasteiger partial charge on any atom is 0.275 e. The second-order valence-electron chi connectivity index (χ2n) is 2.86. The summed E-state index contributed by atoms with van der Waals surface area (Å²) in [6, 6.07) is 7.36. The quantitative estimate of drug-likeness (QED) is 0.461. The SMILES string of the molecule is C=C(C#N)C(O)c1ccccc1[N+](=O)[O-]. The molecule has 76 valence electrons. The fourth-order valence-corrected chi connectivity index (χ4v) is 1.13. The van der Waals surface area contributed by atoms with E-state index in [1.54, 1.807) is 12.1 Å². The van der Waals surface area contributed by atoms with Crippen LogP contribution in [0.5, 0.6) is 0 Å². The van der Waals surface area contributed by atoms with Gasteiger partial charge in [0, 0.05) is 6.07 Å². The zero-order chi connectivity index (χ0) is 11.4. The van der Waals surface area contributed by atoms with Crippen molar-refractivity contribution in [2.75, 3.05) is 0 Å². The second-order valence-corrected chi connectivity index (χ2v) is 2.86. The average molecular weight is 204 g/mol. The van der Waals surface area contributed by atoms with Gasteiger partial charge in [0.25, 0.3) is 5.69 Å². The highest BCUT2D eigenvalue weighted by atomic mass is 16.6. The second kappa shape index (κ2) is 4.35. The number of hydrogen-bond acceptors (Lipinski definition) is 4. The number of aliphatic hydroxyl groups excluding tert-OH is 1. The van der Waals surface area contributed by atoms with E-state index in [1.165, 1.54) is 18.2 Å². The Kier molecular flexibility index (Phi) is 3.16. The molecule has 0 bridgehead atoms. The van der Waals surface area contributed by atoms with Crippen molar-refractivity contribution in [1.29, 1.82) is 5.26 Å². The topological polar surface area (TPSA) is 87.2 Å². The van der Waals surface area contributed by atoms with E-state index in [-0.39, 0.29) is 16.8 Å². The van der Waals surface area contributed by atoms with E-state index < -0.39 is 11.0 Å². The Morgan fingerprint density at radius 1 is 1.60 bits per heavy atom. The van der Waals surface area contributed by atoms with E-state index in [4.69, 9.17) is 5.26 Å². The molecule has 1 atom stereocenters. The lowest BCUT2D eigenvalue weighted by Gasteiger charge is -2.08. The molecule has 0 heterocycles. The first-order chi connectivity index (χ1) is 7.07. The first kappa shape index (κ1) is 10.9. The van der Waals surface area contributed by atoms with Crippen molar-refractivity contribution in [2.45, 2.75) is 6.10 Å². The van der Waals surface area contributed by atoms with Crippen molar-refractivity contribution in [1.82, 2.24) is 0 Å². The van der Waals surface area contributed by atoms with E-state index >= 15 is 0 Å². The van der Waals surface area contributed by atoms with E-state index in [9.17, 15) is 15.2 Å². The van der Waals surface area contributed by atoms with Crippen LogP contribution in [0.4, 0.5) is 5.69 Å². The Labute approximate surface area is 86.0 Å². The predicted molar refractivity (Wildman–Crippen MR) is 52.8 cm³/mol. The lowest BCUT2D eigenvalue weighted by molar-refractivity contribution is -0.386.